The van der Waals surface area contributed by atoms with Crippen LogP contribution in [0.1, 0.15) is 5.56 Å². The van der Waals surface area contributed by atoms with Crippen molar-refractivity contribution in [1.82, 2.24) is 14.9 Å². The van der Waals surface area contributed by atoms with E-state index in [1.54, 1.807) is 0 Å². The molecule has 5 heteroatoms. The van der Waals surface area contributed by atoms with Crippen molar-refractivity contribution in [3.8, 4) is 0 Å². The molecule has 14 heavy (non-hydrogen) atoms. The highest BCUT2D eigenvalue weighted by molar-refractivity contribution is 5.15. The van der Waals surface area contributed by atoms with Crippen molar-refractivity contribution in [1.29, 1.82) is 0 Å². The van der Waals surface area contributed by atoms with Crippen molar-refractivity contribution in [2.75, 3.05) is 5.43 Å². The van der Waals surface area contributed by atoms with E-state index in [0.717, 1.165) is 5.56 Å². The number of nitrogens with zero attached hydrogens (tertiary/aromatic N) is 2. The molecule has 0 saturated carbocycles. The minimum absolute atomic E-state index is 0.263. The van der Waals surface area contributed by atoms with Crippen LogP contribution in [0.2, 0.25) is 0 Å². The number of hydrogen-bond acceptors (Lipinski definition) is 3. The zero-order chi connectivity index (χ0) is 9.80. The van der Waals surface area contributed by atoms with Crippen molar-refractivity contribution >= 4 is 0 Å². The van der Waals surface area contributed by atoms with E-state index in [9.17, 15) is 4.79 Å². The number of rotatable bonds is 3. The molecule has 0 radical (unpaired) electrons. The molecule has 1 aromatic carbocycles. The Bertz CT molecular complexity index is 445. The maximum absolute atomic E-state index is 11.0. The predicted molar refractivity (Wildman–Crippen MR) is 52.4 cm³/mol. The number of H-pyrrole nitrogens is 1. The van der Waals surface area contributed by atoms with Gasteiger partial charge in [0.1, 0.15) is 6.33 Å². The number of benzene rings is 1. The smallest absolute Gasteiger partial charge is 0.316 e. The molecule has 0 amide bonds. The van der Waals surface area contributed by atoms with Gasteiger partial charge >= 0.3 is 5.69 Å². The monoisotopic (exact) mass is 190 g/mol. The lowest BCUT2D eigenvalue weighted by molar-refractivity contribution is 0.804. The van der Waals surface area contributed by atoms with Crippen LogP contribution in [0.3, 0.4) is 0 Å². The zero-order valence-electron chi connectivity index (χ0n) is 7.47. The first kappa shape index (κ1) is 8.55. The van der Waals surface area contributed by atoms with E-state index >= 15 is 0 Å². The van der Waals surface area contributed by atoms with Crippen LogP contribution in [-0.4, -0.2) is 14.9 Å². The van der Waals surface area contributed by atoms with Crippen LogP contribution in [0, 0.1) is 0 Å². The highest BCUT2D eigenvalue weighted by Crippen LogP contribution is 1.97. The first-order valence-corrected chi connectivity index (χ1v) is 4.26. The maximum atomic E-state index is 11.0. The fraction of sp³-hybridized carbons (Fsp3) is 0.111. The topological polar surface area (TPSA) is 62.7 Å². The van der Waals surface area contributed by atoms with Gasteiger partial charge in [-0.2, -0.15) is 9.77 Å². The summed E-state index contributed by atoms with van der Waals surface area (Å²) in [7, 11) is 0. The predicted octanol–water partition coefficient (Wildman–Crippen LogP) is 0.315. The lowest BCUT2D eigenvalue weighted by Crippen LogP contribution is -2.25. The average molecular weight is 190 g/mol. The summed E-state index contributed by atoms with van der Waals surface area (Å²) in [5.41, 5.74) is 3.77. The Morgan fingerprint density at radius 2 is 2.14 bits per heavy atom. The van der Waals surface area contributed by atoms with Crippen LogP contribution in [0.15, 0.2) is 41.5 Å². The van der Waals surface area contributed by atoms with E-state index in [4.69, 9.17) is 0 Å². The fourth-order valence-electron chi connectivity index (χ4n) is 1.13. The molecular formula is C9H10N4O. The fourth-order valence-corrected chi connectivity index (χ4v) is 1.13. The minimum Gasteiger partial charge on any atom is -0.316 e. The van der Waals surface area contributed by atoms with Crippen molar-refractivity contribution in [2.24, 2.45) is 0 Å². The first-order chi connectivity index (χ1) is 6.86. The summed E-state index contributed by atoms with van der Waals surface area (Å²) in [6, 6.07) is 9.83. The van der Waals surface area contributed by atoms with Gasteiger partial charge in [0.15, 0.2) is 0 Å². The summed E-state index contributed by atoms with van der Waals surface area (Å²) in [4.78, 5) is 11.0. The molecule has 0 fully saturated rings. The Kier molecular flexibility index (Phi) is 2.31. The van der Waals surface area contributed by atoms with Crippen LogP contribution in [0.25, 0.3) is 0 Å². The van der Waals surface area contributed by atoms with Crippen LogP contribution in [0.5, 0.6) is 0 Å². The van der Waals surface area contributed by atoms with Gasteiger partial charge in [-0.25, -0.2) is 9.89 Å². The molecular weight excluding hydrogens is 180 g/mol. The number of aromatic amines is 1. The molecule has 0 aliphatic carbocycles. The van der Waals surface area contributed by atoms with Crippen LogP contribution in [0.4, 0.5) is 0 Å². The van der Waals surface area contributed by atoms with Gasteiger partial charge in [0.25, 0.3) is 0 Å². The van der Waals surface area contributed by atoms with Crippen LogP contribution < -0.4 is 11.1 Å². The van der Waals surface area contributed by atoms with Crippen molar-refractivity contribution in [2.45, 2.75) is 6.54 Å². The minimum atomic E-state index is -0.263. The molecule has 2 N–H and O–H groups in total. The quantitative estimate of drug-likeness (QED) is 0.732. The Balaban J connectivity index is 2.02. The Labute approximate surface area is 80.4 Å². The number of nitrogens with one attached hydrogen (secondary N) is 2. The Morgan fingerprint density at radius 3 is 2.79 bits per heavy atom. The van der Waals surface area contributed by atoms with Crippen molar-refractivity contribution < 1.29 is 0 Å². The summed E-state index contributed by atoms with van der Waals surface area (Å²) in [6.45, 7) is 0.597. The average Bonchev–Trinajstić information content (AvgIpc) is 2.63. The van der Waals surface area contributed by atoms with Gasteiger partial charge in [-0.05, 0) is 5.56 Å². The lowest BCUT2D eigenvalue weighted by Gasteiger charge is -2.04. The molecule has 0 atom stereocenters. The molecule has 2 rings (SSSR count). The van der Waals surface area contributed by atoms with Gasteiger partial charge in [0.2, 0.25) is 0 Å². The maximum Gasteiger partial charge on any atom is 0.361 e. The Hall–Kier alpha value is -2.04. The van der Waals surface area contributed by atoms with Crippen molar-refractivity contribution in [3.05, 3.63) is 52.7 Å². The van der Waals surface area contributed by atoms with E-state index in [2.05, 4.69) is 15.6 Å². The molecule has 0 spiro atoms. The molecule has 0 aliphatic rings. The largest absolute Gasteiger partial charge is 0.361 e. The SMILES string of the molecule is O=c1[nH]ncn1NCc1ccccc1. The van der Waals surface area contributed by atoms with Gasteiger partial charge in [0.05, 0.1) is 6.54 Å². The first-order valence-electron chi connectivity index (χ1n) is 4.26. The second kappa shape index (κ2) is 3.78. The van der Waals surface area contributed by atoms with Gasteiger partial charge < -0.3 is 5.43 Å². The van der Waals surface area contributed by atoms with Gasteiger partial charge in [0, 0.05) is 0 Å². The molecule has 0 unspecified atom stereocenters. The molecule has 2 aromatic rings. The summed E-state index contributed by atoms with van der Waals surface area (Å²) < 4.78 is 1.31. The molecule has 5 nitrogen and oxygen atoms in total. The van der Waals surface area contributed by atoms with E-state index in [0.29, 0.717) is 6.54 Å². The molecule has 0 aliphatic heterocycles. The molecule has 0 saturated heterocycles. The molecule has 1 heterocycles. The van der Waals surface area contributed by atoms with Gasteiger partial charge in [-0.15, -0.1) is 0 Å². The van der Waals surface area contributed by atoms with E-state index < -0.39 is 0 Å². The van der Waals surface area contributed by atoms with Crippen molar-refractivity contribution in [3.63, 3.8) is 0 Å². The third kappa shape index (κ3) is 1.82. The highest BCUT2D eigenvalue weighted by Gasteiger charge is 1.95. The summed E-state index contributed by atoms with van der Waals surface area (Å²) >= 11 is 0. The highest BCUT2D eigenvalue weighted by atomic mass is 16.2. The summed E-state index contributed by atoms with van der Waals surface area (Å²) in [6.07, 6.45) is 1.41. The van der Waals surface area contributed by atoms with Gasteiger partial charge in [-0.3, -0.25) is 0 Å². The number of aromatic nitrogens is 3. The third-order valence-corrected chi connectivity index (χ3v) is 1.85. The standard InChI is InChI=1S/C9H10N4O/c14-9-12-10-7-13(9)11-6-8-4-2-1-3-5-8/h1-5,7,11H,6H2,(H,12,14). The third-order valence-electron chi connectivity index (χ3n) is 1.85. The summed E-state index contributed by atoms with van der Waals surface area (Å²) in [5, 5.41) is 5.90. The zero-order valence-corrected chi connectivity index (χ0v) is 7.47. The second-order valence-electron chi connectivity index (χ2n) is 2.85. The molecule has 1 aromatic heterocycles. The van der Waals surface area contributed by atoms with Crippen LogP contribution >= 0.6 is 0 Å². The van der Waals surface area contributed by atoms with Gasteiger partial charge in [-0.1, -0.05) is 30.3 Å². The van der Waals surface area contributed by atoms with Crippen LogP contribution in [-0.2, 0) is 6.54 Å². The van der Waals surface area contributed by atoms with E-state index in [-0.39, 0.29) is 5.69 Å². The lowest BCUT2D eigenvalue weighted by atomic mass is 10.2. The Morgan fingerprint density at radius 1 is 1.36 bits per heavy atom. The summed E-state index contributed by atoms with van der Waals surface area (Å²) in [5.74, 6) is 0. The normalized spacial score (nSPS) is 10.0. The molecule has 72 valence electrons. The van der Waals surface area contributed by atoms with E-state index in [1.807, 2.05) is 30.3 Å². The van der Waals surface area contributed by atoms with E-state index in [1.165, 1.54) is 11.0 Å². The number of hydrogen-bond donors (Lipinski definition) is 2. The molecule has 0 bridgehead atoms. The second-order valence-corrected chi connectivity index (χ2v) is 2.85.